The van der Waals surface area contributed by atoms with Crippen LogP contribution in [0.3, 0.4) is 0 Å². The molecule has 0 N–H and O–H groups in total. The number of carbonyl (C=O) groups is 1. The van der Waals surface area contributed by atoms with E-state index in [1.165, 1.54) is 6.26 Å². The maximum atomic E-state index is 12.0. The highest BCUT2D eigenvalue weighted by Gasteiger charge is 2.17. The minimum Gasteiger partial charge on any atom is -0.456 e. The molecule has 6 heteroatoms. The molecule has 0 aromatic heterocycles. The molecule has 2 aliphatic rings. The molecule has 0 spiro atoms. The van der Waals surface area contributed by atoms with E-state index in [2.05, 4.69) is 11.1 Å². The second-order valence-corrected chi connectivity index (χ2v) is 6.37. The quantitative estimate of drug-likeness (QED) is 0.673. The lowest BCUT2D eigenvalue weighted by molar-refractivity contribution is -0.138. The van der Waals surface area contributed by atoms with Gasteiger partial charge in [-0.1, -0.05) is 18.2 Å². The number of rotatable bonds is 0. The second-order valence-electron chi connectivity index (χ2n) is 6.37. The summed E-state index contributed by atoms with van der Waals surface area (Å²) < 4.78 is 11.3. The van der Waals surface area contributed by atoms with Crippen LogP contribution in [0, 0.1) is 11.3 Å². The van der Waals surface area contributed by atoms with Crippen molar-refractivity contribution in [3.05, 3.63) is 71.1 Å². The molecule has 0 saturated carbocycles. The zero-order chi connectivity index (χ0) is 18.6. The van der Waals surface area contributed by atoms with Gasteiger partial charge in [-0.25, -0.2) is 0 Å². The van der Waals surface area contributed by atoms with Crippen molar-refractivity contribution in [2.75, 3.05) is 6.54 Å². The summed E-state index contributed by atoms with van der Waals surface area (Å²) in [6.45, 7) is 1.00. The van der Waals surface area contributed by atoms with E-state index < -0.39 is 0 Å². The Kier molecular flexibility index (Phi) is 4.58. The van der Waals surface area contributed by atoms with E-state index >= 15 is 0 Å². The Bertz CT molecular complexity index is 988. The van der Waals surface area contributed by atoms with E-state index in [0.717, 1.165) is 16.8 Å². The van der Waals surface area contributed by atoms with Gasteiger partial charge in [0.1, 0.15) is 23.8 Å². The minimum atomic E-state index is -0.289. The topological polar surface area (TPSA) is 74.9 Å². The number of esters is 1. The van der Waals surface area contributed by atoms with Gasteiger partial charge in [-0.2, -0.15) is 5.26 Å². The van der Waals surface area contributed by atoms with Crippen LogP contribution in [0.2, 0.25) is 0 Å². The molecule has 2 aromatic rings. The second kappa shape index (κ2) is 7.34. The van der Waals surface area contributed by atoms with Crippen LogP contribution in [0.4, 0.5) is 0 Å². The van der Waals surface area contributed by atoms with Crippen molar-refractivity contribution >= 4 is 12.3 Å². The minimum absolute atomic E-state index is 0.269. The first-order chi connectivity index (χ1) is 13.2. The third kappa shape index (κ3) is 3.82. The Morgan fingerprint density at radius 3 is 2.93 bits per heavy atom. The van der Waals surface area contributed by atoms with Gasteiger partial charge in [-0.05, 0) is 41.8 Å². The van der Waals surface area contributed by atoms with Crippen molar-refractivity contribution in [2.45, 2.75) is 19.4 Å². The smallest absolute Gasteiger partial charge is 0.310 e. The number of nitriles is 1. The third-order valence-electron chi connectivity index (χ3n) is 4.43. The largest absolute Gasteiger partial charge is 0.456 e. The summed E-state index contributed by atoms with van der Waals surface area (Å²) in [5.74, 6) is 0.852. The highest BCUT2D eigenvalue weighted by atomic mass is 16.5. The molecule has 0 saturated heterocycles. The van der Waals surface area contributed by atoms with Crippen LogP contribution in [0.15, 0.2) is 59.4 Å². The molecule has 6 nitrogen and oxygen atoms in total. The lowest BCUT2D eigenvalue weighted by Gasteiger charge is -2.17. The number of ether oxygens (including phenoxy) is 2. The monoisotopic (exact) mass is 359 g/mol. The van der Waals surface area contributed by atoms with E-state index in [9.17, 15) is 10.1 Å². The number of aryl methyl sites for hydroxylation is 1. The predicted octanol–water partition coefficient (Wildman–Crippen LogP) is 3.53. The predicted molar refractivity (Wildman–Crippen MR) is 99.1 cm³/mol. The molecule has 0 unspecified atom stereocenters. The Balaban J connectivity index is 1.74. The first-order valence-corrected chi connectivity index (χ1v) is 8.66. The van der Waals surface area contributed by atoms with Crippen molar-refractivity contribution in [3.8, 4) is 17.6 Å². The number of nitrogens with zero attached hydrogens (tertiary/aromatic N) is 3. The number of carbonyl (C=O) groups excluding carboxylic acids is 1. The number of fused-ring (bicyclic) bond motifs is 5. The summed E-state index contributed by atoms with van der Waals surface area (Å²) in [7, 11) is 0. The molecular weight excluding hydrogens is 342 g/mol. The highest BCUT2D eigenvalue weighted by molar-refractivity contribution is 5.71. The van der Waals surface area contributed by atoms with Gasteiger partial charge < -0.3 is 14.4 Å². The van der Waals surface area contributed by atoms with Gasteiger partial charge in [0, 0.05) is 13.0 Å². The summed E-state index contributed by atoms with van der Waals surface area (Å²) in [6, 6.07) is 15.2. The number of hydrogen-bond acceptors (Lipinski definition) is 6. The van der Waals surface area contributed by atoms with Gasteiger partial charge in [0.05, 0.1) is 24.1 Å². The van der Waals surface area contributed by atoms with Crippen LogP contribution < -0.4 is 4.74 Å². The fourth-order valence-electron chi connectivity index (χ4n) is 3.01. The molecule has 0 radical (unpaired) electrons. The van der Waals surface area contributed by atoms with E-state index in [0.29, 0.717) is 36.6 Å². The normalized spacial score (nSPS) is 18.1. The standard InChI is InChI=1S/C21H17N3O3/c22-10-17-6-4-16-9-20(17)27-19-3-1-2-15(8-19)5-7-21(25)26-13-18-11-23-14-24(18)12-16/h1-4,6,8-9,13-14H,5,7,11-12H2/b18-13+. The van der Waals surface area contributed by atoms with Crippen LogP contribution >= 0.6 is 0 Å². The van der Waals surface area contributed by atoms with Crippen molar-refractivity contribution in [3.63, 3.8) is 0 Å². The zero-order valence-electron chi connectivity index (χ0n) is 14.6. The highest BCUT2D eigenvalue weighted by Crippen LogP contribution is 2.28. The number of aliphatic imine (C=N–C) groups is 1. The molecule has 4 bridgehead atoms. The molecule has 2 aromatic carbocycles. The number of hydrogen-bond donors (Lipinski definition) is 0. The fraction of sp³-hybridized carbons (Fsp3) is 0.190. The van der Waals surface area contributed by atoms with Gasteiger partial charge in [0.15, 0.2) is 0 Å². The molecule has 4 rings (SSSR count). The first kappa shape index (κ1) is 16.9. The third-order valence-corrected chi connectivity index (χ3v) is 4.43. The van der Waals surface area contributed by atoms with Crippen LogP contribution in [0.25, 0.3) is 0 Å². The van der Waals surface area contributed by atoms with Crippen molar-refractivity contribution < 1.29 is 14.3 Å². The summed E-state index contributed by atoms with van der Waals surface area (Å²) in [6.07, 6.45) is 4.02. The molecule has 27 heavy (non-hydrogen) atoms. The lowest BCUT2D eigenvalue weighted by atomic mass is 10.1. The maximum Gasteiger partial charge on any atom is 0.310 e. The maximum absolute atomic E-state index is 12.0. The van der Waals surface area contributed by atoms with E-state index in [1.54, 1.807) is 12.4 Å². The van der Waals surface area contributed by atoms with Crippen molar-refractivity contribution in [1.82, 2.24) is 4.90 Å². The molecule has 2 aliphatic heterocycles. The lowest BCUT2D eigenvalue weighted by Crippen LogP contribution is -2.18. The Morgan fingerprint density at radius 2 is 2.04 bits per heavy atom. The Morgan fingerprint density at radius 1 is 1.11 bits per heavy atom. The van der Waals surface area contributed by atoms with Gasteiger partial charge in [-0.15, -0.1) is 0 Å². The average molecular weight is 359 g/mol. The molecule has 134 valence electrons. The molecule has 0 amide bonds. The SMILES string of the molecule is N#Cc1ccc2cc1Oc1cccc(c1)CCC(=O)O/C=C1\CN=CN1C2. The number of cyclic esters (lactones) is 1. The Labute approximate surface area is 157 Å². The van der Waals surface area contributed by atoms with Crippen molar-refractivity contribution in [1.29, 1.82) is 5.26 Å². The molecular formula is C21H17N3O3. The van der Waals surface area contributed by atoms with E-state index in [4.69, 9.17) is 9.47 Å². The van der Waals surface area contributed by atoms with Gasteiger partial charge in [0.2, 0.25) is 0 Å². The van der Waals surface area contributed by atoms with Gasteiger partial charge >= 0.3 is 5.97 Å². The Hall–Kier alpha value is -3.59. The van der Waals surface area contributed by atoms with Crippen LogP contribution in [-0.4, -0.2) is 23.8 Å². The fourth-order valence-corrected chi connectivity index (χ4v) is 3.01. The molecule has 2 heterocycles. The van der Waals surface area contributed by atoms with Crippen LogP contribution in [-0.2, 0) is 22.5 Å². The molecule has 0 atom stereocenters. The van der Waals surface area contributed by atoms with Crippen LogP contribution in [0.1, 0.15) is 23.1 Å². The summed E-state index contributed by atoms with van der Waals surface area (Å²) in [4.78, 5) is 18.2. The van der Waals surface area contributed by atoms with E-state index in [1.807, 2.05) is 41.3 Å². The molecule has 0 aliphatic carbocycles. The number of benzene rings is 2. The molecule has 0 fully saturated rings. The van der Waals surface area contributed by atoms with Crippen molar-refractivity contribution in [2.24, 2.45) is 4.99 Å². The average Bonchev–Trinajstić information content (AvgIpc) is 3.11. The van der Waals surface area contributed by atoms with Crippen LogP contribution in [0.5, 0.6) is 11.5 Å². The summed E-state index contributed by atoms with van der Waals surface area (Å²) in [5.41, 5.74) is 3.21. The van der Waals surface area contributed by atoms with Gasteiger partial charge in [0.25, 0.3) is 0 Å². The summed E-state index contributed by atoms with van der Waals surface area (Å²) >= 11 is 0. The zero-order valence-corrected chi connectivity index (χ0v) is 14.6. The first-order valence-electron chi connectivity index (χ1n) is 8.66. The van der Waals surface area contributed by atoms with E-state index in [-0.39, 0.29) is 12.4 Å². The van der Waals surface area contributed by atoms with Gasteiger partial charge in [-0.3, -0.25) is 9.79 Å². The summed E-state index contributed by atoms with van der Waals surface area (Å²) in [5, 5.41) is 9.40.